The summed E-state index contributed by atoms with van der Waals surface area (Å²) in [4.78, 5) is 14.1. The topological polar surface area (TPSA) is 87.2 Å². The molecule has 0 spiro atoms. The second-order valence-electron chi connectivity index (χ2n) is 7.49. The van der Waals surface area contributed by atoms with Crippen LogP contribution in [0.25, 0.3) is 0 Å². The summed E-state index contributed by atoms with van der Waals surface area (Å²) in [6.45, 7) is 0.785. The highest BCUT2D eigenvalue weighted by Gasteiger charge is 2.35. The zero-order valence-electron chi connectivity index (χ0n) is 17.3. The number of halogens is 3. The molecule has 0 aliphatic carbocycles. The number of rotatable bonds is 8. The van der Waals surface area contributed by atoms with E-state index in [9.17, 15) is 18.3 Å². The Labute approximate surface area is 210 Å². The highest BCUT2D eigenvalue weighted by Crippen LogP contribution is 2.35. The Morgan fingerprint density at radius 3 is 2.47 bits per heavy atom. The van der Waals surface area contributed by atoms with E-state index in [-0.39, 0.29) is 39.2 Å². The molecule has 0 saturated carbocycles. The normalized spacial score (nSPS) is 16.5. The van der Waals surface area contributed by atoms with Gasteiger partial charge in [0.2, 0.25) is 15.9 Å². The van der Waals surface area contributed by atoms with Crippen molar-refractivity contribution in [3.05, 3.63) is 49.0 Å². The summed E-state index contributed by atoms with van der Waals surface area (Å²) < 4.78 is 33.0. The van der Waals surface area contributed by atoms with Crippen molar-refractivity contribution in [3.63, 3.8) is 0 Å². The molecular formula is C20H23BrCl2N2O5S2. The van der Waals surface area contributed by atoms with Crippen LogP contribution in [0.1, 0.15) is 18.4 Å². The number of sulfonamides is 1. The Bertz CT molecular complexity index is 1050. The van der Waals surface area contributed by atoms with E-state index in [1.165, 1.54) is 13.1 Å². The van der Waals surface area contributed by atoms with E-state index in [4.69, 9.17) is 27.9 Å². The van der Waals surface area contributed by atoms with Gasteiger partial charge in [0.05, 0.1) is 16.5 Å². The van der Waals surface area contributed by atoms with E-state index in [1.54, 1.807) is 4.90 Å². The molecule has 2 aromatic rings. The van der Waals surface area contributed by atoms with E-state index in [0.717, 1.165) is 25.7 Å². The van der Waals surface area contributed by atoms with Crippen LogP contribution in [0.4, 0.5) is 0 Å². The maximum Gasteiger partial charge on any atom is 0.248 e. The SMILES string of the molecule is CN(CCOCC(=O)N1CCC(O)(c2ccc(Br)cc2)CC1)S(=O)(=O)c1cc(Cl)sc1Cl. The molecule has 1 aliphatic rings. The molecule has 0 bridgehead atoms. The van der Waals surface area contributed by atoms with Crippen LogP contribution >= 0.6 is 50.5 Å². The van der Waals surface area contributed by atoms with Crippen LogP contribution in [0, 0.1) is 0 Å². The zero-order valence-corrected chi connectivity index (χ0v) is 22.0. The lowest BCUT2D eigenvalue weighted by molar-refractivity contribution is -0.140. The summed E-state index contributed by atoms with van der Waals surface area (Å²) in [5.41, 5.74) is -0.123. The smallest absolute Gasteiger partial charge is 0.248 e. The molecule has 0 unspecified atom stereocenters. The fourth-order valence-corrected chi connectivity index (χ4v) is 6.94. The van der Waals surface area contributed by atoms with Gasteiger partial charge in [0.1, 0.15) is 15.8 Å². The second kappa shape index (κ2) is 10.7. The highest BCUT2D eigenvalue weighted by molar-refractivity contribution is 9.10. The fourth-order valence-electron chi connectivity index (χ4n) is 3.41. The largest absolute Gasteiger partial charge is 0.385 e. The number of carbonyl (C=O) groups is 1. The standard InChI is InChI=1S/C20H23BrCl2N2O5S2/c1-24(32(28,29)16-12-17(22)31-19(16)23)10-11-30-13-18(26)25-8-6-20(27,7-9-25)14-2-4-15(21)5-3-14/h2-5,12,27H,6-11,13H2,1H3. The van der Waals surface area contributed by atoms with Crippen molar-refractivity contribution < 1.29 is 23.1 Å². The third-order valence-corrected chi connectivity index (χ3v) is 9.55. The molecule has 1 aliphatic heterocycles. The van der Waals surface area contributed by atoms with Gasteiger partial charge in [-0.25, -0.2) is 8.42 Å². The molecule has 1 saturated heterocycles. The van der Waals surface area contributed by atoms with Crippen molar-refractivity contribution in [2.24, 2.45) is 0 Å². The number of likely N-dealkylation sites (tertiary alicyclic amines) is 1. The number of hydrogen-bond acceptors (Lipinski definition) is 6. The number of thiophene rings is 1. The van der Waals surface area contributed by atoms with E-state index >= 15 is 0 Å². The van der Waals surface area contributed by atoms with Crippen LogP contribution in [0.2, 0.25) is 8.67 Å². The van der Waals surface area contributed by atoms with Gasteiger partial charge < -0.3 is 14.7 Å². The van der Waals surface area contributed by atoms with Gasteiger partial charge in [-0.3, -0.25) is 4.79 Å². The first-order chi connectivity index (χ1) is 15.0. The Morgan fingerprint density at radius 2 is 1.91 bits per heavy atom. The molecule has 2 heterocycles. The summed E-state index contributed by atoms with van der Waals surface area (Å²) in [7, 11) is -2.38. The molecule has 0 atom stereocenters. The van der Waals surface area contributed by atoms with E-state index in [0.29, 0.717) is 25.9 Å². The number of aliphatic hydroxyl groups is 1. The predicted octanol–water partition coefficient (Wildman–Crippen LogP) is 3.96. The van der Waals surface area contributed by atoms with Crippen molar-refractivity contribution in [1.82, 2.24) is 9.21 Å². The summed E-state index contributed by atoms with van der Waals surface area (Å²) >= 11 is 16.2. The van der Waals surface area contributed by atoms with E-state index in [2.05, 4.69) is 15.9 Å². The molecule has 1 N–H and O–H groups in total. The van der Waals surface area contributed by atoms with Crippen molar-refractivity contribution in [1.29, 1.82) is 0 Å². The number of amides is 1. The highest BCUT2D eigenvalue weighted by atomic mass is 79.9. The van der Waals surface area contributed by atoms with E-state index in [1.807, 2.05) is 24.3 Å². The summed E-state index contributed by atoms with van der Waals surface area (Å²) in [5.74, 6) is -0.193. The summed E-state index contributed by atoms with van der Waals surface area (Å²) in [5, 5.41) is 10.9. The maximum atomic E-state index is 12.6. The Morgan fingerprint density at radius 1 is 1.28 bits per heavy atom. The number of benzene rings is 1. The predicted molar refractivity (Wildman–Crippen MR) is 129 cm³/mol. The molecule has 176 valence electrons. The lowest BCUT2D eigenvalue weighted by Gasteiger charge is -2.38. The molecule has 32 heavy (non-hydrogen) atoms. The number of piperidine rings is 1. The van der Waals surface area contributed by atoms with Crippen LogP contribution < -0.4 is 0 Å². The molecule has 1 aromatic heterocycles. The zero-order chi connectivity index (χ0) is 23.5. The second-order valence-corrected chi connectivity index (χ2v) is 12.7. The average Bonchev–Trinajstić information content (AvgIpc) is 3.10. The molecule has 0 radical (unpaired) electrons. The summed E-state index contributed by atoms with van der Waals surface area (Å²) in [6.07, 6.45) is 0.872. The molecule has 1 aromatic carbocycles. The van der Waals surface area contributed by atoms with Gasteiger partial charge in [-0.2, -0.15) is 4.31 Å². The van der Waals surface area contributed by atoms with Gasteiger partial charge in [-0.15, -0.1) is 11.3 Å². The monoisotopic (exact) mass is 584 g/mol. The molecule has 12 heteroatoms. The molecule has 1 amide bonds. The summed E-state index contributed by atoms with van der Waals surface area (Å²) in [6, 6.07) is 8.85. The first kappa shape index (κ1) is 25.9. The van der Waals surface area contributed by atoms with Gasteiger partial charge in [0.25, 0.3) is 0 Å². The van der Waals surface area contributed by atoms with Crippen molar-refractivity contribution in [2.75, 3.05) is 39.9 Å². The van der Waals surface area contributed by atoms with Crippen LogP contribution in [-0.4, -0.2) is 68.5 Å². The average molecular weight is 586 g/mol. The Balaban J connectivity index is 1.44. The minimum Gasteiger partial charge on any atom is -0.385 e. The van der Waals surface area contributed by atoms with E-state index < -0.39 is 15.6 Å². The van der Waals surface area contributed by atoms with Crippen LogP contribution in [0.3, 0.4) is 0 Å². The molecular weight excluding hydrogens is 563 g/mol. The molecule has 1 fully saturated rings. The van der Waals surface area contributed by atoms with Crippen LogP contribution in [0.5, 0.6) is 0 Å². The Hall–Kier alpha value is -0.720. The Kier molecular flexibility index (Phi) is 8.65. The first-order valence-corrected chi connectivity index (χ1v) is 13.6. The van der Waals surface area contributed by atoms with Gasteiger partial charge in [-0.1, -0.05) is 51.3 Å². The number of nitrogens with zero attached hydrogens (tertiary/aromatic N) is 2. The maximum absolute atomic E-state index is 12.6. The van der Waals surface area contributed by atoms with Gasteiger partial charge in [-0.05, 0) is 36.6 Å². The van der Waals surface area contributed by atoms with Crippen LogP contribution in [-0.2, 0) is 25.2 Å². The number of likely N-dealkylation sites (N-methyl/N-ethyl adjacent to an activating group) is 1. The van der Waals surface area contributed by atoms with Gasteiger partial charge in [0.15, 0.2) is 0 Å². The van der Waals surface area contributed by atoms with Crippen molar-refractivity contribution >= 4 is 66.4 Å². The third-order valence-electron chi connectivity index (χ3n) is 5.41. The number of hydrogen-bond donors (Lipinski definition) is 1. The van der Waals surface area contributed by atoms with Crippen molar-refractivity contribution in [2.45, 2.75) is 23.3 Å². The lowest BCUT2D eigenvalue weighted by atomic mass is 9.84. The molecule has 3 rings (SSSR count). The molecule has 7 nitrogen and oxygen atoms in total. The minimum absolute atomic E-state index is 0.0423. The number of ether oxygens (including phenoxy) is 1. The fraction of sp³-hybridized carbons (Fsp3) is 0.450. The third kappa shape index (κ3) is 6.04. The van der Waals surface area contributed by atoms with Gasteiger partial charge >= 0.3 is 0 Å². The minimum atomic E-state index is -3.79. The quantitative estimate of drug-likeness (QED) is 0.474. The number of carbonyl (C=O) groups excluding carboxylic acids is 1. The van der Waals surface area contributed by atoms with Crippen LogP contribution in [0.15, 0.2) is 39.7 Å². The van der Waals surface area contributed by atoms with Gasteiger partial charge in [0, 0.05) is 31.2 Å². The van der Waals surface area contributed by atoms with Crippen molar-refractivity contribution in [3.8, 4) is 0 Å². The lowest BCUT2D eigenvalue weighted by Crippen LogP contribution is -2.46. The first-order valence-electron chi connectivity index (χ1n) is 9.78.